The summed E-state index contributed by atoms with van der Waals surface area (Å²) in [5.41, 5.74) is 0.538. The van der Waals surface area contributed by atoms with Gasteiger partial charge in [-0.25, -0.2) is 9.18 Å². The van der Waals surface area contributed by atoms with Gasteiger partial charge in [0.1, 0.15) is 11.6 Å². The average Bonchev–Trinajstić information content (AvgIpc) is 3.48. The average molecular weight is 410 g/mol. The van der Waals surface area contributed by atoms with Crippen molar-refractivity contribution in [3.63, 3.8) is 0 Å². The minimum atomic E-state index is -1.35. The summed E-state index contributed by atoms with van der Waals surface area (Å²) in [6, 6.07) is 10.6. The molecule has 30 heavy (non-hydrogen) atoms. The second-order valence-electron chi connectivity index (χ2n) is 7.13. The van der Waals surface area contributed by atoms with Crippen molar-refractivity contribution in [1.82, 2.24) is 10.1 Å². The van der Waals surface area contributed by atoms with Gasteiger partial charge in [-0.05, 0) is 61.7 Å². The molecule has 1 aliphatic carbocycles. The molecule has 3 aromatic rings. The summed E-state index contributed by atoms with van der Waals surface area (Å²) in [5.74, 6) is -0.997. The quantitative estimate of drug-likeness (QED) is 0.537. The van der Waals surface area contributed by atoms with E-state index < -0.39 is 23.5 Å². The van der Waals surface area contributed by atoms with Gasteiger partial charge in [0.05, 0.1) is 5.56 Å². The van der Waals surface area contributed by atoms with Gasteiger partial charge in [-0.15, -0.1) is 0 Å². The van der Waals surface area contributed by atoms with Crippen molar-refractivity contribution in [1.29, 1.82) is 0 Å². The molecule has 2 aromatic carbocycles. The number of rotatable bonds is 8. The predicted molar refractivity (Wildman–Crippen MR) is 104 cm³/mol. The maximum atomic E-state index is 13.9. The molecule has 0 spiro atoms. The van der Waals surface area contributed by atoms with E-state index in [1.807, 2.05) is 6.92 Å². The molecule has 1 aromatic heterocycles. The fraction of sp³-hybridized carbons (Fsp3) is 0.273. The molecule has 0 radical (unpaired) electrons. The van der Waals surface area contributed by atoms with Crippen molar-refractivity contribution in [3.05, 3.63) is 65.3 Å². The lowest BCUT2D eigenvalue weighted by atomic mass is 10.1. The fourth-order valence-corrected chi connectivity index (χ4v) is 3.06. The number of nitrogens with zero attached hydrogens (tertiary/aromatic N) is 2. The standard InChI is InChI=1S/C22H19FN2O5/c1-2-18(29-15-8-5-13(6-9-15)19(26)12-3-4-12)21-24-20(25-30-21)14-7-10-16(22(27)28)17(23)11-14/h5-12,18H,2-4H2,1H3,(H,27,28). The molecule has 154 valence electrons. The molecule has 0 amide bonds. The Hall–Kier alpha value is -3.55. The largest absolute Gasteiger partial charge is 0.481 e. The molecule has 4 rings (SSSR count). The first-order valence-electron chi connectivity index (χ1n) is 9.64. The van der Waals surface area contributed by atoms with E-state index in [0.717, 1.165) is 25.0 Å². The molecule has 0 aliphatic heterocycles. The van der Waals surface area contributed by atoms with Crippen LogP contribution in [0.5, 0.6) is 5.75 Å². The molecule has 7 nitrogen and oxygen atoms in total. The van der Waals surface area contributed by atoms with Crippen molar-refractivity contribution < 1.29 is 28.3 Å². The summed E-state index contributed by atoms with van der Waals surface area (Å²) in [5, 5.41) is 12.8. The number of hydrogen-bond donors (Lipinski definition) is 1. The highest BCUT2D eigenvalue weighted by molar-refractivity contribution is 5.99. The van der Waals surface area contributed by atoms with E-state index in [9.17, 15) is 14.0 Å². The van der Waals surface area contributed by atoms with E-state index >= 15 is 0 Å². The Morgan fingerprint density at radius 1 is 1.23 bits per heavy atom. The number of aromatic carboxylic acids is 1. The van der Waals surface area contributed by atoms with Crippen LogP contribution in [0.25, 0.3) is 11.4 Å². The van der Waals surface area contributed by atoms with Crippen LogP contribution < -0.4 is 4.74 Å². The van der Waals surface area contributed by atoms with Crippen molar-refractivity contribution in [3.8, 4) is 17.1 Å². The first kappa shape index (κ1) is 19.8. The molecule has 0 bridgehead atoms. The summed E-state index contributed by atoms with van der Waals surface area (Å²) in [6.45, 7) is 1.89. The van der Waals surface area contributed by atoms with E-state index in [1.165, 1.54) is 6.07 Å². The Labute approximate surface area is 171 Å². The SMILES string of the molecule is CCC(Oc1ccc(C(=O)C2CC2)cc1)c1nc(-c2ccc(C(=O)O)c(F)c2)no1. The van der Waals surface area contributed by atoms with Gasteiger partial charge in [-0.1, -0.05) is 12.1 Å². The number of ketones is 1. The highest BCUT2D eigenvalue weighted by Gasteiger charge is 2.30. The molecule has 1 unspecified atom stereocenters. The van der Waals surface area contributed by atoms with Crippen molar-refractivity contribution in [2.75, 3.05) is 0 Å². The smallest absolute Gasteiger partial charge is 0.338 e. The number of carbonyl (C=O) groups is 2. The van der Waals surface area contributed by atoms with E-state index in [0.29, 0.717) is 23.3 Å². The van der Waals surface area contributed by atoms with Gasteiger partial charge in [-0.3, -0.25) is 4.79 Å². The van der Waals surface area contributed by atoms with E-state index in [1.54, 1.807) is 24.3 Å². The molecule has 1 fully saturated rings. The zero-order chi connectivity index (χ0) is 21.3. The topological polar surface area (TPSA) is 103 Å². The minimum absolute atomic E-state index is 0.133. The van der Waals surface area contributed by atoms with E-state index in [-0.39, 0.29) is 23.4 Å². The van der Waals surface area contributed by atoms with Crippen LogP contribution in [0, 0.1) is 11.7 Å². The summed E-state index contributed by atoms with van der Waals surface area (Å²) < 4.78 is 25.1. The highest BCUT2D eigenvalue weighted by atomic mass is 19.1. The number of halogens is 1. The molecule has 8 heteroatoms. The van der Waals surface area contributed by atoms with Gasteiger partial charge >= 0.3 is 5.97 Å². The summed E-state index contributed by atoms with van der Waals surface area (Å²) in [6.07, 6.45) is 1.92. The normalized spacial score (nSPS) is 14.3. The molecule has 0 saturated heterocycles. The van der Waals surface area contributed by atoms with Crippen LogP contribution >= 0.6 is 0 Å². The Morgan fingerprint density at radius 3 is 2.57 bits per heavy atom. The van der Waals surface area contributed by atoms with Crippen molar-refractivity contribution in [2.45, 2.75) is 32.3 Å². The second-order valence-corrected chi connectivity index (χ2v) is 7.13. The number of Topliss-reactive ketones (excluding diaryl/α,β-unsaturated/α-hetero) is 1. The summed E-state index contributed by atoms with van der Waals surface area (Å²) in [4.78, 5) is 27.3. The number of ether oxygens (including phenoxy) is 1. The zero-order valence-corrected chi connectivity index (χ0v) is 16.2. The van der Waals surface area contributed by atoms with E-state index in [2.05, 4.69) is 10.1 Å². The van der Waals surface area contributed by atoms with Crippen molar-refractivity contribution >= 4 is 11.8 Å². The molecular formula is C22H19FN2O5. The fourth-order valence-electron chi connectivity index (χ4n) is 3.06. The van der Waals surface area contributed by atoms with Gasteiger partial charge in [-0.2, -0.15) is 4.98 Å². The maximum absolute atomic E-state index is 13.9. The molecule has 1 atom stereocenters. The molecular weight excluding hydrogens is 391 g/mol. The minimum Gasteiger partial charge on any atom is -0.481 e. The Balaban J connectivity index is 1.49. The third kappa shape index (κ3) is 4.07. The predicted octanol–water partition coefficient (Wildman–Crippen LogP) is 4.70. The van der Waals surface area contributed by atoms with E-state index in [4.69, 9.17) is 14.4 Å². The number of aromatic nitrogens is 2. The van der Waals surface area contributed by atoms with Gasteiger partial charge in [0.25, 0.3) is 5.89 Å². The molecule has 1 aliphatic rings. The summed E-state index contributed by atoms with van der Waals surface area (Å²) >= 11 is 0. The first-order valence-corrected chi connectivity index (χ1v) is 9.64. The number of benzene rings is 2. The number of carbonyl (C=O) groups excluding carboxylic acids is 1. The van der Waals surface area contributed by atoms with Crippen LogP contribution in [-0.4, -0.2) is 27.0 Å². The maximum Gasteiger partial charge on any atom is 0.338 e. The number of carboxylic acids is 1. The van der Waals surface area contributed by atoms with Gasteiger partial charge < -0.3 is 14.4 Å². The zero-order valence-electron chi connectivity index (χ0n) is 16.2. The van der Waals surface area contributed by atoms with Crippen LogP contribution in [0.2, 0.25) is 0 Å². The second kappa shape index (κ2) is 8.06. The lowest BCUT2D eigenvalue weighted by Crippen LogP contribution is -2.07. The van der Waals surface area contributed by atoms with Gasteiger partial charge in [0.2, 0.25) is 5.82 Å². The monoisotopic (exact) mass is 410 g/mol. The Bertz CT molecular complexity index is 1090. The molecule has 1 heterocycles. The van der Waals surface area contributed by atoms with Crippen LogP contribution in [-0.2, 0) is 0 Å². The van der Waals surface area contributed by atoms with Crippen molar-refractivity contribution in [2.24, 2.45) is 5.92 Å². The number of carboxylic acid groups (broad SMARTS) is 1. The number of hydrogen-bond acceptors (Lipinski definition) is 6. The van der Waals surface area contributed by atoms with Crippen LogP contribution in [0.1, 0.15) is 58.9 Å². The lowest BCUT2D eigenvalue weighted by molar-refractivity contribution is 0.0691. The van der Waals surface area contributed by atoms with Crippen LogP contribution in [0.3, 0.4) is 0 Å². The summed E-state index contributed by atoms with van der Waals surface area (Å²) in [7, 11) is 0. The van der Waals surface area contributed by atoms with Crippen LogP contribution in [0.15, 0.2) is 47.0 Å². The third-order valence-corrected chi connectivity index (χ3v) is 4.91. The Kier molecular flexibility index (Phi) is 5.31. The highest BCUT2D eigenvalue weighted by Crippen LogP contribution is 2.33. The molecule has 1 N–H and O–H groups in total. The van der Waals surface area contributed by atoms with Gasteiger partial charge in [0.15, 0.2) is 11.9 Å². The first-order chi connectivity index (χ1) is 14.5. The van der Waals surface area contributed by atoms with Crippen LogP contribution in [0.4, 0.5) is 4.39 Å². The third-order valence-electron chi connectivity index (χ3n) is 4.91. The lowest BCUT2D eigenvalue weighted by Gasteiger charge is -2.13. The Morgan fingerprint density at radius 2 is 1.97 bits per heavy atom. The molecule has 1 saturated carbocycles. The van der Waals surface area contributed by atoms with Gasteiger partial charge in [0, 0.05) is 17.0 Å².